The highest BCUT2D eigenvalue weighted by Crippen LogP contribution is 2.44. The van der Waals surface area contributed by atoms with E-state index in [-0.39, 0.29) is 11.7 Å². The van der Waals surface area contributed by atoms with E-state index in [1.165, 1.54) is 37.1 Å². The first kappa shape index (κ1) is 15.2. The summed E-state index contributed by atoms with van der Waals surface area (Å²) in [5.41, 5.74) is 0.483. The van der Waals surface area contributed by atoms with Gasteiger partial charge in [-0.15, -0.1) is 11.8 Å². The molecule has 0 aliphatic heterocycles. The number of nitrogens with one attached hydrogen (secondary N) is 1. The topological polar surface area (TPSA) is 29.1 Å². The molecule has 1 aromatic carbocycles. The van der Waals surface area contributed by atoms with Crippen LogP contribution in [0.5, 0.6) is 0 Å². The second kappa shape index (κ2) is 6.57. The first-order chi connectivity index (χ1) is 10.1. The Labute approximate surface area is 133 Å². The number of benzene rings is 1. The van der Waals surface area contributed by atoms with Gasteiger partial charge in [-0.25, -0.2) is 4.39 Å². The van der Waals surface area contributed by atoms with Crippen LogP contribution in [0, 0.1) is 17.7 Å². The first-order valence-electron chi connectivity index (χ1n) is 7.43. The fraction of sp³-hybridized carbons (Fsp3) is 0.562. The predicted octanol–water partition coefficient (Wildman–Crippen LogP) is 4.02. The third kappa shape index (κ3) is 3.54. The molecule has 3 rings (SSSR count). The highest BCUT2D eigenvalue weighted by molar-refractivity contribution is 7.99. The van der Waals surface area contributed by atoms with Gasteiger partial charge in [-0.3, -0.25) is 4.79 Å². The lowest BCUT2D eigenvalue weighted by molar-refractivity contribution is -0.119. The molecule has 2 bridgehead atoms. The molecule has 2 saturated carbocycles. The maximum atomic E-state index is 13.6. The Balaban J connectivity index is 1.44. The number of carbonyl (C=O) groups excluding carboxylic acids is 1. The van der Waals surface area contributed by atoms with Gasteiger partial charge in [-0.1, -0.05) is 24.1 Å². The summed E-state index contributed by atoms with van der Waals surface area (Å²) in [5, 5.41) is 3.57. The minimum absolute atomic E-state index is 0.0602. The van der Waals surface area contributed by atoms with Gasteiger partial charge >= 0.3 is 0 Å². The molecule has 114 valence electrons. The largest absolute Gasteiger partial charge is 0.352 e. The third-order valence-corrected chi connectivity index (χ3v) is 5.94. The van der Waals surface area contributed by atoms with Gasteiger partial charge < -0.3 is 5.32 Å². The number of rotatable bonds is 5. The summed E-state index contributed by atoms with van der Waals surface area (Å²) in [4.78, 5) is 12.0. The zero-order valence-corrected chi connectivity index (χ0v) is 13.4. The van der Waals surface area contributed by atoms with Crippen molar-refractivity contribution in [3.63, 3.8) is 0 Å². The molecule has 0 spiro atoms. The number of fused-ring (bicyclic) bond motifs is 2. The zero-order valence-electron chi connectivity index (χ0n) is 11.8. The van der Waals surface area contributed by atoms with Crippen LogP contribution in [-0.2, 0) is 10.5 Å². The van der Waals surface area contributed by atoms with Crippen LogP contribution in [0.4, 0.5) is 4.39 Å². The Bertz CT molecular complexity index is 519. The Morgan fingerprint density at radius 1 is 1.38 bits per heavy atom. The van der Waals surface area contributed by atoms with E-state index >= 15 is 0 Å². The van der Waals surface area contributed by atoms with Crippen LogP contribution < -0.4 is 5.32 Å². The summed E-state index contributed by atoms with van der Waals surface area (Å²) in [6.07, 6.45) is 5.01. The molecule has 1 aromatic rings. The Morgan fingerprint density at radius 2 is 2.24 bits per heavy atom. The zero-order chi connectivity index (χ0) is 14.8. The molecule has 2 fully saturated rings. The lowest BCUT2D eigenvalue weighted by Crippen LogP contribution is -2.39. The van der Waals surface area contributed by atoms with Crippen molar-refractivity contribution in [2.45, 2.75) is 37.5 Å². The lowest BCUT2D eigenvalue weighted by atomic mass is 9.95. The highest BCUT2D eigenvalue weighted by Gasteiger charge is 2.39. The van der Waals surface area contributed by atoms with E-state index in [0.29, 0.717) is 34.1 Å². The lowest BCUT2D eigenvalue weighted by Gasteiger charge is -2.22. The van der Waals surface area contributed by atoms with E-state index in [1.54, 1.807) is 12.1 Å². The maximum absolute atomic E-state index is 13.6. The summed E-state index contributed by atoms with van der Waals surface area (Å²) in [7, 11) is 0. The van der Waals surface area contributed by atoms with Crippen LogP contribution in [0.3, 0.4) is 0 Å². The van der Waals surface area contributed by atoms with Crippen molar-refractivity contribution < 1.29 is 9.18 Å². The second-order valence-corrected chi connectivity index (χ2v) is 7.43. The van der Waals surface area contributed by atoms with E-state index < -0.39 is 0 Å². The van der Waals surface area contributed by atoms with Crippen LogP contribution in [-0.4, -0.2) is 17.7 Å². The van der Waals surface area contributed by atoms with E-state index in [4.69, 9.17) is 11.6 Å². The van der Waals surface area contributed by atoms with Crippen molar-refractivity contribution in [3.8, 4) is 0 Å². The number of hydrogen-bond donors (Lipinski definition) is 1. The number of amides is 1. The Hall–Kier alpha value is -0.740. The van der Waals surface area contributed by atoms with Crippen molar-refractivity contribution in [3.05, 3.63) is 34.6 Å². The standard InChI is InChI=1S/C16H19ClFNOS/c17-13-2-1-3-14(18)12(13)8-21-9-16(20)19-15-7-10-4-5-11(15)6-10/h1-3,10-11,15H,4-9H2,(H,19,20)/t10-,11+,15+/m0/s1. The fourth-order valence-corrected chi connectivity index (χ4v) is 4.76. The minimum atomic E-state index is -0.302. The summed E-state index contributed by atoms with van der Waals surface area (Å²) in [6, 6.07) is 5.04. The maximum Gasteiger partial charge on any atom is 0.230 e. The molecule has 1 amide bonds. The molecule has 2 nitrogen and oxygen atoms in total. The number of halogens is 2. The minimum Gasteiger partial charge on any atom is -0.352 e. The fourth-order valence-electron chi connectivity index (χ4n) is 3.59. The van der Waals surface area contributed by atoms with Gasteiger partial charge in [0.05, 0.1) is 5.75 Å². The summed E-state index contributed by atoms with van der Waals surface area (Å²) < 4.78 is 13.6. The molecule has 0 heterocycles. The smallest absolute Gasteiger partial charge is 0.230 e. The molecule has 0 unspecified atom stereocenters. The molecule has 2 aliphatic rings. The van der Waals surface area contributed by atoms with E-state index in [9.17, 15) is 9.18 Å². The van der Waals surface area contributed by atoms with Crippen LogP contribution in [0.15, 0.2) is 18.2 Å². The normalized spacial score (nSPS) is 27.0. The van der Waals surface area contributed by atoms with Gasteiger partial charge in [0.15, 0.2) is 0 Å². The average Bonchev–Trinajstić information content (AvgIpc) is 3.04. The van der Waals surface area contributed by atoms with Crippen LogP contribution >= 0.6 is 23.4 Å². The monoisotopic (exact) mass is 327 g/mol. The molecule has 2 aliphatic carbocycles. The number of carbonyl (C=O) groups is 1. The van der Waals surface area contributed by atoms with Crippen molar-refractivity contribution in [1.82, 2.24) is 5.32 Å². The molecule has 1 N–H and O–H groups in total. The van der Waals surface area contributed by atoms with Gasteiger partial charge in [-0.2, -0.15) is 0 Å². The molecular formula is C16H19ClFNOS. The highest BCUT2D eigenvalue weighted by atomic mass is 35.5. The van der Waals surface area contributed by atoms with E-state index in [1.807, 2.05) is 0 Å². The summed E-state index contributed by atoms with van der Waals surface area (Å²) in [5.74, 6) is 2.05. The van der Waals surface area contributed by atoms with Gasteiger partial charge in [0.1, 0.15) is 5.82 Å². The molecule has 0 saturated heterocycles. The van der Waals surface area contributed by atoms with Crippen LogP contribution in [0.25, 0.3) is 0 Å². The molecule has 0 radical (unpaired) electrons. The first-order valence-corrected chi connectivity index (χ1v) is 8.96. The van der Waals surface area contributed by atoms with Crippen molar-refractivity contribution in [2.75, 3.05) is 5.75 Å². The van der Waals surface area contributed by atoms with Gasteiger partial charge in [0.25, 0.3) is 0 Å². The van der Waals surface area contributed by atoms with Crippen molar-refractivity contribution in [1.29, 1.82) is 0 Å². The Kier molecular flexibility index (Phi) is 4.75. The molecule has 3 atom stereocenters. The quantitative estimate of drug-likeness (QED) is 0.885. The Morgan fingerprint density at radius 3 is 2.90 bits per heavy atom. The summed E-state index contributed by atoms with van der Waals surface area (Å²) in [6.45, 7) is 0. The van der Waals surface area contributed by atoms with Crippen LogP contribution in [0.2, 0.25) is 5.02 Å². The third-order valence-electron chi connectivity index (χ3n) is 4.63. The molecule has 21 heavy (non-hydrogen) atoms. The average molecular weight is 328 g/mol. The number of hydrogen-bond acceptors (Lipinski definition) is 2. The summed E-state index contributed by atoms with van der Waals surface area (Å²) >= 11 is 7.38. The molecular weight excluding hydrogens is 309 g/mol. The van der Waals surface area contributed by atoms with Crippen molar-refractivity contribution in [2.24, 2.45) is 11.8 Å². The predicted molar refractivity (Wildman–Crippen MR) is 85.0 cm³/mol. The second-order valence-electron chi connectivity index (χ2n) is 6.04. The SMILES string of the molecule is O=C(CSCc1c(F)cccc1Cl)N[C@@H]1C[C@H]2CC[C@@H]1C2. The van der Waals surface area contributed by atoms with E-state index in [0.717, 1.165) is 12.3 Å². The number of thioether (sulfide) groups is 1. The van der Waals surface area contributed by atoms with Gasteiger partial charge in [-0.05, 0) is 43.2 Å². The van der Waals surface area contributed by atoms with Crippen LogP contribution in [0.1, 0.15) is 31.2 Å². The van der Waals surface area contributed by atoms with Gasteiger partial charge in [0.2, 0.25) is 5.91 Å². The van der Waals surface area contributed by atoms with Crippen molar-refractivity contribution >= 4 is 29.3 Å². The van der Waals surface area contributed by atoms with E-state index in [2.05, 4.69) is 5.32 Å². The molecule has 5 heteroatoms. The molecule has 0 aromatic heterocycles. The van der Waals surface area contributed by atoms with Gasteiger partial charge in [0, 0.05) is 22.4 Å².